The van der Waals surface area contributed by atoms with E-state index in [1.165, 1.54) is 0 Å². The van der Waals surface area contributed by atoms with E-state index in [2.05, 4.69) is 26.3 Å². The average Bonchev–Trinajstić information content (AvgIpc) is 3.54. The fraction of sp³-hybridized carbons (Fsp3) is 0.500. The van der Waals surface area contributed by atoms with Crippen LogP contribution in [-0.4, -0.2) is 75.6 Å². The van der Waals surface area contributed by atoms with Crippen LogP contribution < -0.4 is 21.3 Å². The number of carboxylic acid groups (broad SMARTS) is 2. The summed E-state index contributed by atoms with van der Waals surface area (Å²) in [5.41, 5.74) is 1.55. The zero-order valence-electron chi connectivity index (χ0n) is 21.5. The van der Waals surface area contributed by atoms with Gasteiger partial charge in [-0.3, -0.25) is 19.2 Å². The van der Waals surface area contributed by atoms with Gasteiger partial charge in [-0.1, -0.05) is 32.0 Å². The molecule has 0 spiro atoms. The van der Waals surface area contributed by atoms with Gasteiger partial charge < -0.3 is 36.5 Å². The number of nitrogens with one attached hydrogen (secondary N) is 5. The predicted molar refractivity (Wildman–Crippen MR) is 138 cm³/mol. The van der Waals surface area contributed by atoms with Crippen molar-refractivity contribution in [1.29, 1.82) is 0 Å². The topological polar surface area (TPSA) is 190 Å². The molecule has 1 aromatic carbocycles. The number of hydrogen-bond donors (Lipinski definition) is 7. The molecular weight excluding hydrogens is 494 g/mol. The van der Waals surface area contributed by atoms with E-state index in [0.29, 0.717) is 6.42 Å². The van der Waals surface area contributed by atoms with Crippen molar-refractivity contribution in [2.75, 3.05) is 6.54 Å². The Kier molecular flexibility index (Phi) is 9.83. The second kappa shape index (κ2) is 13.0. The van der Waals surface area contributed by atoms with E-state index >= 15 is 0 Å². The minimum absolute atomic E-state index is 0.0375. The van der Waals surface area contributed by atoms with Crippen molar-refractivity contribution in [1.82, 2.24) is 26.3 Å². The zero-order chi connectivity index (χ0) is 27.8. The van der Waals surface area contributed by atoms with Crippen LogP contribution in [0.15, 0.2) is 30.5 Å². The second-order valence-corrected chi connectivity index (χ2v) is 9.84. The van der Waals surface area contributed by atoms with Crippen LogP contribution in [0.5, 0.6) is 0 Å². The molecule has 3 amide bonds. The summed E-state index contributed by atoms with van der Waals surface area (Å²) < 4.78 is 0. The molecule has 3 rings (SSSR count). The molecule has 0 bridgehead atoms. The molecule has 4 unspecified atom stereocenters. The van der Waals surface area contributed by atoms with Gasteiger partial charge >= 0.3 is 11.9 Å². The van der Waals surface area contributed by atoms with Crippen molar-refractivity contribution in [3.8, 4) is 0 Å². The summed E-state index contributed by atoms with van der Waals surface area (Å²) in [7, 11) is 0. The average molecular weight is 530 g/mol. The number of carbonyl (C=O) groups excluding carboxylic acids is 3. The Balaban J connectivity index is 1.81. The van der Waals surface area contributed by atoms with E-state index in [1.54, 1.807) is 20.0 Å². The summed E-state index contributed by atoms with van der Waals surface area (Å²) in [5, 5.41) is 30.2. The molecule has 2 aromatic rings. The molecule has 12 heteroatoms. The second-order valence-electron chi connectivity index (χ2n) is 9.84. The van der Waals surface area contributed by atoms with E-state index in [-0.39, 0.29) is 30.7 Å². The maximum Gasteiger partial charge on any atom is 0.326 e. The van der Waals surface area contributed by atoms with E-state index in [9.17, 15) is 29.1 Å². The van der Waals surface area contributed by atoms with Gasteiger partial charge in [0.1, 0.15) is 18.1 Å². The van der Waals surface area contributed by atoms with Gasteiger partial charge in [0.15, 0.2) is 0 Å². The van der Waals surface area contributed by atoms with Gasteiger partial charge in [0, 0.05) is 29.9 Å². The Morgan fingerprint density at radius 2 is 1.71 bits per heavy atom. The van der Waals surface area contributed by atoms with Gasteiger partial charge in [0.05, 0.1) is 6.04 Å². The highest BCUT2D eigenvalue weighted by Gasteiger charge is 2.33. The van der Waals surface area contributed by atoms with Crippen molar-refractivity contribution in [2.24, 2.45) is 5.92 Å². The quantitative estimate of drug-likeness (QED) is 0.195. The summed E-state index contributed by atoms with van der Waals surface area (Å²) >= 11 is 0. The molecule has 1 aliphatic rings. The summed E-state index contributed by atoms with van der Waals surface area (Å²) in [4.78, 5) is 65.0. The van der Waals surface area contributed by atoms with E-state index in [1.807, 2.05) is 24.3 Å². The number of amides is 3. The number of rotatable bonds is 13. The predicted octanol–water partition coefficient (Wildman–Crippen LogP) is 0.522. The minimum atomic E-state index is -1.45. The molecule has 7 N–H and O–H groups in total. The minimum Gasteiger partial charge on any atom is -0.481 e. The molecule has 1 fully saturated rings. The van der Waals surface area contributed by atoms with Gasteiger partial charge in [-0.2, -0.15) is 0 Å². The molecule has 12 nitrogen and oxygen atoms in total. The Hall–Kier alpha value is -3.93. The third-order valence-electron chi connectivity index (χ3n) is 6.62. The number of aromatic amines is 1. The summed E-state index contributed by atoms with van der Waals surface area (Å²) in [6, 6.07) is 3.46. The zero-order valence-corrected chi connectivity index (χ0v) is 21.5. The smallest absolute Gasteiger partial charge is 0.326 e. The van der Waals surface area contributed by atoms with Gasteiger partial charge in [-0.05, 0) is 43.4 Å². The largest absolute Gasteiger partial charge is 0.481 e. The number of aromatic nitrogens is 1. The van der Waals surface area contributed by atoms with Crippen molar-refractivity contribution in [3.05, 3.63) is 36.0 Å². The van der Waals surface area contributed by atoms with Crippen molar-refractivity contribution >= 4 is 40.6 Å². The Labute approximate surface area is 219 Å². The number of carbonyl (C=O) groups is 5. The lowest BCUT2D eigenvalue weighted by Gasteiger charge is -2.27. The highest BCUT2D eigenvalue weighted by atomic mass is 16.4. The number of H-pyrrole nitrogens is 1. The van der Waals surface area contributed by atoms with Crippen molar-refractivity contribution in [2.45, 2.75) is 70.1 Å². The number of fused-ring (bicyclic) bond motifs is 1. The fourth-order valence-electron chi connectivity index (χ4n) is 4.49. The molecule has 1 saturated heterocycles. The number of aliphatic carboxylic acids is 2. The first-order valence-electron chi connectivity index (χ1n) is 12.7. The molecule has 0 saturated carbocycles. The number of hydrogen-bond acceptors (Lipinski definition) is 6. The van der Waals surface area contributed by atoms with E-state index < -0.39 is 48.3 Å². The van der Waals surface area contributed by atoms with Crippen LogP contribution in [0.2, 0.25) is 0 Å². The molecule has 0 aliphatic carbocycles. The van der Waals surface area contributed by atoms with Crippen LogP contribution >= 0.6 is 0 Å². The SMILES string of the molecule is CC(C)C(NC(=O)C1CCCN1)C(=O)NC(Cc1c[nH]c2ccccc12)C(=O)NC(CCC(=O)O)C(=O)O. The Morgan fingerprint density at radius 1 is 1.00 bits per heavy atom. The highest BCUT2D eigenvalue weighted by molar-refractivity contribution is 5.95. The number of carboxylic acids is 2. The van der Waals surface area contributed by atoms with E-state index in [4.69, 9.17) is 5.11 Å². The van der Waals surface area contributed by atoms with Gasteiger partial charge in [0.25, 0.3) is 0 Å². The van der Waals surface area contributed by atoms with Crippen LogP contribution in [0.25, 0.3) is 10.9 Å². The first-order valence-corrected chi connectivity index (χ1v) is 12.7. The number of para-hydroxylation sites is 1. The monoisotopic (exact) mass is 529 g/mol. The van der Waals surface area contributed by atoms with Gasteiger partial charge in [-0.15, -0.1) is 0 Å². The third kappa shape index (κ3) is 7.54. The van der Waals surface area contributed by atoms with Crippen LogP contribution in [0, 0.1) is 5.92 Å². The van der Waals surface area contributed by atoms with Crippen molar-refractivity contribution in [3.63, 3.8) is 0 Å². The molecule has 38 heavy (non-hydrogen) atoms. The lowest BCUT2D eigenvalue weighted by molar-refractivity contribution is -0.143. The summed E-state index contributed by atoms with van der Waals surface area (Å²) in [5.74, 6) is -4.51. The first-order chi connectivity index (χ1) is 18.1. The lowest BCUT2D eigenvalue weighted by atomic mass is 10.00. The van der Waals surface area contributed by atoms with Crippen LogP contribution in [0.4, 0.5) is 0 Å². The first kappa shape index (κ1) is 28.6. The molecule has 2 heterocycles. The Bertz CT molecular complexity index is 1170. The van der Waals surface area contributed by atoms with E-state index in [0.717, 1.165) is 29.4 Å². The summed E-state index contributed by atoms with van der Waals surface area (Å²) in [6.07, 6.45) is 2.50. The molecular formula is C26H35N5O7. The molecule has 1 aliphatic heterocycles. The maximum atomic E-state index is 13.3. The van der Waals surface area contributed by atoms with Crippen LogP contribution in [0.1, 0.15) is 45.1 Å². The maximum absolute atomic E-state index is 13.3. The van der Waals surface area contributed by atoms with Gasteiger partial charge in [0.2, 0.25) is 17.7 Å². The van der Waals surface area contributed by atoms with Crippen LogP contribution in [0.3, 0.4) is 0 Å². The molecule has 4 atom stereocenters. The molecule has 206 valence electrons. The van der Waals surface area contributed by atoms with Gasteiger partial charge in [-0.25, -0.2) is 4.79 Å². The highest BCUT2D eigenvalue weighted by Crippen LogP contribution is 2.19. The Morgan fingerprint density at radius 3 is 2.34 bits per heavy atom. The lowest BCUT2D eigenvalue weighted by Crippen LogP contribution is -2.58. The normalized spacial score (nSPS) is 17.5. The number of benzene rings is 1. The van der Waals surface area contributed by atoms with Crippen LogP contribution in [-0.2, 0) is 30.4 Å². The standard InChI is InChI=1S/C26H35N5O7/c1-14(2)22(31-23(34)18-8-5-11-27-18)25(36)30-20(12-15-13-28-17-7-4-3-6-16(15)17)24(35)29-19(26(37)38)9-10-21(32)33/h3-4,6-7,13-14,18-20,22,27-28H,5,8-12H2,1-2H3,(H,29,35)(H,30,36)(H,31,34)(H,32,33)(H,37,38). The molecule has 0 radical (unpaired) electrons. The fourth-order valence-corrected chi connectivity index (χ4v) is 4.49. The van der Waals surface area contributed by atoms with Crippen molar-refractivity contribution < 1.29 is 34.2 Å². The summed E-state index contributed by atoms with van der Waals surface area (Å²) in [6.45, 7) is 4.26. The molecule has 1 aromatic heterocycles. The third-order valence-corrected chi connectivity index (χ3v) is 6.62.